The molecule has 0 radical (unpaired) electrons. The van der Waals surface area contributed by atoms with Crippen molar-refractivity contribution in [1.82, 2.24) is 29.1 Å². The Hall–Kier alpha value is -11.8. The molecule has 0 saturated carbocycles. The molecule has 0 spiro atoms. The van der Waals surface area contributed by atoms with E-state index in [2.05, 4.69) is 312 Å². The van der Waals surface area contributed by atoms with Crippen molar-refractivity contribution in [2.75, 3.05) is 0 Å². The Morgan fingerprint density at radius 3 is 0.990 bits per heavy atom. The van der Waals surface area contributed by atoms with Crippen LogP contribution in [0.5, 0.6) is 0 Å². The Balaban J connectivity index is 0.000000129. The predicted molar refractivity (Wildman–Crippen MR) is 421 cm³/mol. The van der Waals surface area contributed by atoms with Gasteiger partial charge in [-0.3, -0.25) is 9.13 Å². The fourth-order valence-electron chi connectivity index (χ4n) is 15.4. The second-order valence-electron chi connectivity index (χ2n) is 25.0. The summed E-state index contributed by atoms with van der Waals surface area (Å²) in [6.45, 7) is 0. The summed E-state index contributed by atoms with van der Waals surface area (Å²) in [5.74, 6) is 1.39. The molecule has 0 atom stereocenters. The lowest BCUT2D eigenvalue weighted by atomic mass is 9.99. The average molecular weight is 1320 g/mol. The molecular formula is C88H50N6S4. The Morgan fingerprint density at radius 1 is 0.214 bits per heavy atom. The van der Waals surface area contributed by atoms with Crippen LogP contribution in [0.1, 0.15) is 0 Å². The number of rotatable bonds is 6. The quantitative estimate of drug-likeness (QED) is 0.166. The molecular weight excluding hydrogens is 1270 g/mol. The summed E-state index contributed by atoms with van der Waals surface area (Å²) in [4.78, 5) is 24.0. The molecule has 0 aliphatic rings. The number of benzene rings is 14. The van der Waals surface area contributed by atoms with E-state index in [-0.39, 0.29) is 0 Å². The fourth-order valence-corrected chi connectivity index (χ4v) is 20.1. The molecule has 14 aromatic carbocycles. The van der Waals surface area contributed by atoms with Crippen LogP contribution in [-0.4, -0.2) is 29.1 Å². The van der Waals surface area contributed by atoms with E-state index >= 15 is 0 Å². The molecule has 22 rings (SSSR count). The molecule has 0 fully saturated rings. The van der Waals surface area contributed by atoms with E-state index in [1.807, 2.05) is 22.7 Å². The predicted octanol–water partition coefficient (Wildman–Crippen LogP) is 25.6. The first kappa shape index (κ1) is 55.5. The third kappa shape index (κ3) is 8.36. The van der Waals surface area contributed by atoms with Gasteiger partial charge >= 0.3 is 0 Å². The second kappa shape index (κ2) is 21.9. The molecule has 0 bridgehead atoms. The number of hydrogen-bond acceptors (Lipinski definition) is 8. The molecule has 10 heteroatoms. The number of thiophene rings is 4. The highest BCUT2D eigenvalue weighted by Gasteiger charge is 2.28. The van der Waals surface area contributed by atoms with Crippen molar-refractivity contribution in [2.24, 2.45) is 0 Å². The maximum atomic E-state index is 5.57. The molecule has 0 aliphatic carbocycles. The van der Waals surface area contributed by atoms with Crippen LogP contribution in [0.4, 0.5) is 0 Å². The average Bonchev–Trinajstić information content (AvgIpc) is 1.54. The first-order valence-corrected chi connectivity index (χ1v) is 36.1. The lowest BCUT2D eigenvalue weighted by Gasteiger charge is -2.12. The molecule has 0 aliphatic heterocycles. The Labute approximate surface area is 576 Å². The van der Waals surface area contributed by atoms with E-state index in [4.69, 9.17) is 19.9 Å². The number of fused-ring (bicyclic) bond motifs is 26. The van der Waals surface area contributed by atoms with Crippen LogP contribution < -0.4 is 0 Å². The van der Waals surface area contributed by atoms with Crippen molar-refractivity contribution in [3.05, 3.63) is 303 Å². The minimum absolute atomic E-state index is 0.694. The van der Waals surface area contributed by atoms with Crippen molar-refractivity contribution in [3.8, 4) is 56.7 Å². The molecule has 0 amide bonds. The van der Waals surface area contributed by atoms with Crippen molar-refractivity contribution in [3.63, 3.8) is 0 Å². The van der Waals surface area contributed by atoms with Gasteiger partial charge in [-0.1, -0.05) is 261 Å². The molecule has 8 heterocycles. The zero-order valence-corrected chi connectivity index (χ0v) is 55.4. The Morgan fingerprint density at radius 2 is 0.531 bits per heavy atom. The van der Waals surface area contributed by atoms with Gasteiger partial charge in [-0.2, -0.15) is 0 Å². The van der Waals surface area contributed by atoms with Crippen LogP contribution in [0.2, 0.25) is 0 Å². The normalized spacial score (nSPS) is 12.1. The van der Waals surface area contributed by atoms with Crippen molar-refractivity contribution < 1.29 is 0 Å². The van der Waals surface area contributed by atoms with Crippen LogP contribution in [0.25, 0.3) is 203 Å². The lowest BCUT2D eigenvalue weighted by Crippen LogP contribution is -2.03. The first-order valence-electron chi connectivity index (χ1n) is 32.8. The van der Waals surface area contributed by atoms with Gasteiger partial charge in [0.05, 0.1) is 42.9 Å². The summed E-state index contributed by atoms with van der Waals surface area (Å²) in [6, 6.07) is 109. The smallest absolute Gasteiger partial charge is 0.236 e. The van der Waals surface area contributed by atoms with E-state index in [0.29, 0.717) is 11.9 Å². The summed E-state index contributed by atoms with van der Waals surface area (Å²) in [6.07, 6.45) is 0. The van der Waals surface area contributed by atoms with E-state index < -0.39 is 0 Å². The Kier molecular flexibility index (Phi) is 12.4. The van der Waals surface area contributed by atoms with Crippen LogP contribution >= 0.6 is 45.3 Å². The second-order valence-corrected chi connectivity index (χ2v) is 29.2. The van der Waals surface area contributed by atoms with Gasteiger partial charge in [0, 0.05) is 94.6 Å². The van der Waals surface area contributed by atoms with Gasteiger partial charge in [-0.05, 0) is 86.3 Å². The van der Waals surface area contributed by atoms with E-state index in [1.54, 1.807) is 22.7 Å². The van der Waals surface area contributed by atoms with Crippen LogP contribution in [-0.2, 0) is 0 Å². The first-order chi connectivity index (χ1) is 48.6. The summed E-state index contributed by atoms with van der Waals surface area (Å²) >= 11 is 7.21. The van der Waals surface area contributed by atoms with Crippen molar-refractivity contribution >= 4 is 191 Å². The van der Waals surface area contributed by atoms with Gasteiger partial charge in [0.15, 0.2) is 0 Å². The third-order valence-electron chi connectivity index (χ3n) is 19.7. The monoisotopic (exact) mass is 1320 g/mol. The lowest BCUT2D eigenvalue weighted by molar-refractivity contribution is 1.02. The zero-order valence-electron chi connectivity index (χ0n) is 52.2. The van der Waals surface area contributed by atoms with E-state index in [9.17, 15) is 0 Å². The third-order valence-corrected chi connectivity index (χ3v) is 24.1. The highest BCUT2D eigenvalue weighted by Crippen LogP contribution is 2.51. The molecule has 98 heavy (non-hydrogen) atoms. The van der Waals surface area contributed by atoms with E-state index in [1.165, 1.54) is 137 Å². The van der Waals surface area contributed by atoms with Crippen LogP contribution in [0, 0.1) is 0 Å². The van der Waals surface area contributed by atoms with Gasteiger partial charge in [0.25, 0.3) is 0 Å². The van der Waals surface area contributed by atoms with Crippen LogP contribution in [0.3, 0.4) is 0 Å². The molecule has 0 N–H and O–H groups in total. The van der Waals surface area contributed by atoms with Crippen molar-refractivity contribution in [1.29, 1.82) is 0 Å². The highest BCUT2D eigenvalue weighted by molar-refractivity contribution is 7.27. The molecule has 456 valence electrons. The van der Waals surface area contributed by atoms with Gasteiger partial charge in [0.1, 0.15) is 9.66 Å². The largest absolute Gasteiger partial charge is 0.276 e. The molecule has 6 nitrogen and oxygen atoms in total. The van der Waals surface area contributed by atoms with E-state index in [0.717, 1.165) is 54.0 Å². The van der Waals surface area contributed by atoms with Crippen molar-refractivity contribution in [2.45, 2.75) is 0 Å². The minimum Gasteiger partial charge on any atom is -0.276 e. The number of hydrogen-bond donors (Lipinski definition) is 0. The van der Waals surface area contributed by atoms with Gasteiger partial charge in [0.2, 0.25) is 11.9 Å². The van der Waals surface area contributed by atoms with Gasteiger partial charge in [-0.15, -0.1) is 45.3 Å². The summed E-state index contributed by atoms with van der Waals surface area (Å²) in [7, 11) is 0. The summed E-state index contributed by atoms with van der Waals surface area (Å²) in [5, 5.41) is 19.8. The zero-order chi connectivity index (χ0) is 64.1. The molecule has 22 aromatic rings. The number of para-hydroxylation sites is 2. The standard InChI is InChI=1S/2C44H25N3S2/c1-2-13-26(14-3-1)27-15-12-16-28(25-27)40-39-33-21-8-11-24-36(33)49-43(39)46-44(45-40)47-34-22-9-6-19-31(34)37-29-17-4-5-18-30(29)38-32-20-7-10-23-35(32)48-42(38)41(37)47;1-2-12-26(13-3-1)27-22-24-28(25-23-27)40-39-33-18-8-11-21-36(33)49-43(39)46-44(45-40)47-34-19-9-6-16-31(34)37-29-14-4-5-15-30(29)38-32-17-7-10-20-35(32)48-42(38)41(37)47/h2*1-25H. The fraction of sp³-hybridized carbons (Fsp3) is 0. The minimum atomic E-state index is 0.694. The number of aromatic nitrogens is 6. The molecule has 0 saturated heterocycles. The summed E-state index contributed by atoms with van der Waals surface area (Å²) in [5.41, 5.74) is 13.4. The maximum absolute atomic E-state index is 5.57. The molecule has 8 aromatic heterocycles. The molecule has 0 unspecified atom stereocenters. The SMILES string of the molecule is c1ccc(-c2ccc(-c3nc(-n4c5ccccc5c5c6ccccc6c6c7ccccc7sc6c54)nc4sc5ccccc5c34)cc2)cc1.c1ccc(-c2cccc(-c3nc(-n4c5ccccc5c5c6ccccc6c6c7ccccc7sc6c54)nc4sc5ccccc5c34)c2)cc1. The Bertz CT molecular complexity index is 7050. The summed E-state index contributed by atoms with van der Waals surface area (Å²) < 4.78 is 12.2. The highest BCUT2D eigenvalue weighted by atomic mass is 32.1. The van der Waals surface area contributed by atoms with Crippen LogP contribution in [0.15, 0.2) is 303 Å². The van der Waals surface area contributed by atoms with Gasteiger partial charge < -0.3 is 0 Å². The maximum Gasteiger partial charge on any atom is 0.236 e. The number of nitrogens with zero attached hydrogens (tertiary/aromatic N) is 6. The van der Waals surface area contributed by atoms with Gasteiger partial charge in [-0.25, -0.2) is 19.9 Å². The topological polar surface area (TPSA) is 61.4 Å².